The van der Waals surface area contributed by atoms with E-state index in [4.69, 9.17) is 0 Å². The molecule has 126 valence electrons. The maximum atomic E-state index is 12.2. The first kappa shape index (κ1) is 15.6. The van der Waals surface area contributed by atoms with Gasteiger partial charge >= 0.3 is 0 Å². The smallest absolute Gasteiger partial charge is 0.161 e. The molecule has 0 aromatic carbocycles. The average molecular weight is 316 g/mol. The van der Waals surface area contributed by atoms with Gasteiger partial charge in [0.1, 0.15) is 5.60 Å². The van der Waals surface area contributed by atoms with Crippen LogP contribution in [0.4, 0.5) is 0 Å². The Morgan fingerprint density at radius 2 is 1.91 bits per heavy atom. The molecule has 0 aromatic heterocycles. The minimum atomic E-state index is -1.11. The van der Waals surface area contributed by atoms with Gasteiger partial charge in [-0.3, -0.25) is 9.59 Å². The van der Waals surface area contributed by atoms with E-state index in [0.717, 1.165) is 38.5 Å². The summed E-state index contributed by atoms with van der Waals surface area (Å²) in [5.74, 6) is 2.60. The van der Waals surface area contributed by atoms with Crippen molar-refractivity contribution in [3.05, 3.63) is 11.6 Å². The quantitative estimate of drug-likeness (QED) is 0.806. The summed E-state index contributed by atoms with van der Waals surface area (Å²) in [6, 6.07) is 0. The zero-order valence-electron chi connectivity index (χ0n) is 14.3. The summed E-state index contributed by atoms with van der Waals surface area (Å²) in [5.41, 5.74) is 0.0402. The second kappa shape index (κ2) is 5.02. The highest BCUT2D eigenvalue weighted by Crippen LogP contribution is 2.64. The highest BCUT2D eigenvalue weighted by molar-refractivity contribution is 5.91. The van der Waals surface area contributed by atoms with Crippen molar-refractivity contribution in [3.8, 4) is 0 Å². The Kier molecular flexibility index (Phi) is 3.39. The third kappa shape index (κ3) is 1.98. The molecule has 0 aliphatic heterocycles. The number of aliphatic hydroxyl groups is 1. The summed E-state index contributed by atoms with van der Waals surface area (Å²) in [6.45, 7) is 3.73. The molecule has 23 heavy (non-hydrogen) atoms. The fourth-order valence-electron chi connectivity index (χ4n) is 6.78. The Morgan fingerprint density at radius 3 is 2.65 bits per heavy atom. The lowest BCUT2D eigenvalue weighted by atomic mass is 9.50. The monoisotopic (exact) mass is 316 g/mol. The molecule has 0 spiro atoms. The van der Waals surface area contributed by atoms with E-state index in [-0.39, 0.29) is 11.2 Å². The van der Waals surface area contributed by atoms with Crippen LogP contribution < -0.4 is 0 Å². The van der Waals surface area contributed by atoms with E-state index < -0.39 is 5.60 Å². The number of ketones is 2. The summed E-state index contributed by atoms with van der Waals surface area (Å²) in [6.07, 6.45) is 9.51. The number of Topliss-reactive ketones (excluding diaryl/α,β-unsaturated/α-hetero) is 1. The van der Waals surface area contributed by atoms with Crippen LogP contribution in [0.2, 0.25) is 0 Å². The zero-order chi connectivity index (χ0) is 16.4. The Labute approximate surface area is 138 Å². The van der Waals surface area contributed by atoms with E-state index >= 15 is 0 Å². The SMILES string of the molecule is CC(=O)[C@]1(O)CCC2C3CCC4=CC(=O)CCC4C3CC[C@@]21C. The third-order valence-electron chi connectivity index (χ3n) is 8.03. The minimum absolute atomic E-state index is 0.0411. The first-order valence-corrected chi connectivity index (χ1v) is 9.33. The molecule has 6 atom stereocenters. The van der Waals surface area contributed by atoms with Gasteiger partial charge < -0.3 is 5.11 Å². The van der Waals surface area contributed by atoms with Crippen molar-refractivity contribution < 1.29 is 14.7 Å². The number of carbonyl (C=O) groups excluding carboxylic acids is 2. The molecular formula is C20H28O3. The fraction of sp³-hybridized carbons (Fsp3) is 0.800. The lowest BCUT2D eigenvalue weighted by Gasteiger charge is -2.55. The molecule has 0 amide bonds. The summed E-state index contributed by atoms with van der Waals surface area (Å²) in [7, 11) is 0. The standard InChI is InChI=1S/C20H28O3/c1-12(21)20(23)10-8-18-17-5-3-13-11-14(22)4-6-15(13)16(17)7-9-19(18,20)2/h11,15-18,23H,3-10H2,1-2H3/t15?,16?,17?,18?,19-,20+/m0/s1. The summed E-state index contributed by atoms with van der Waals surface area (Å²) < 4.78 is 0. The highest BCUT2D eigenvalue weighted by Gasteiger charge is 2.64. The van der Waals surface area contributed by atoms with Gasteiger partial charge in [0.15, 0.2) is 11.6 Å². The number of hydrogen-bond acceptors (Lipinski definition) is 3. The van der Waals surface area contributed by atoms with Crippen molar-refractivity contribution in [2.75, 3.05) is 0 Å². The number of fused-ring (bicyclic) bond motifs is 5. The minimum Gasteiger partial charge on any atom is -0.382 e. The molecule has 4 aliphatic rings. The summed E-state index contributed by atoms with van der Waals surface area (Å²) in [4.78, 5) is 23.9. The summed E-state index contributed by atoms with van der Waals surface area (Å²) in [5, 5.41) is 11.1. The normalized spacial score (nSPS) is 49.0. The predicted molar refractivity (Wildman–Crippen MR) is 87.7 cm³/mol. The second-order valence-corrected chi connectivity index (χ2v) is 8.71. The molecule has 0 saturated heterocycles. The van der Waals surface area contributed by atoms with Crippen LogP contribution in [-0.4, -0.2) is 22.3 Å². The lowest BCUT2D eigenvalue weighted by molar-refractivity contribution is -0.157. The van der Waals surface area contributed by atoms with Crippen molar-refractivity contribution in [2.45, 2.75) is 70.8 Å². The number of carbonyl (C=O) groups is 2. The molecule has 3 nitrogen and oxygen atoms in total. The molecule has 0 radical (unpaired) electrons. The van der Waals surface area contributed by atoms with Crippen molar-refractivity contribution in [1.82, 2.24) is 0 Å². The van der Waals surface area contributed by atoms with Crippen molar-refractivity contribution in [3.63, 3.8) is 0 Å². The molecule has 4 aliphatic carbocycles. The fourth-order valence-corrected chi connectivity index (χ4v) is 6.78. The largest absolute Gasteiger partial charge is 0.382 e. The van der Waals surface area contributed by atoms with Crippen LogP contribution in [0.15, 0.2) is 11.6 Å². The van der Waals surface area contributed by atoms with E-state index in [1.807, 2.05) is 6.08 Å². The van der Waals surface area contributed by atoms with Crippen LogP contribution in [0, 0.1) is 29.1 Å². The highest BCUT2D eigenvalue weighted by atomic mass is 16.3. The molecule has 3 heteroatoms. The first-order valence-electron chi connectivity index (χ1n) is 9.33. The van der Waals surface area contributed by atoms with Crippen molar-refractivity contribution in [2.24, 2.45) is 29.1 Å². The molecule has 4 rings (SSSR count). The van der Waals surface area contributed by atoms with Crippen LogP contribution in [0.5, 0.6) is 0 Å². The number of rotatable bonds is 1. The molecule has 1 N–H and O–H groups in total. The van der Waals surface area contributed by atoms with E-state index in [1.165, 1.54) is 5.57 Å². The predicted octanol–water partition coefficient (Wildman–Crippen LogP) is 3.45. The van der Waals surface area contributed by atoms with Gasteiger partial charge in [-0.1, -0.05) is 12.5 Å². The molecule has 3 fully saturated rings. The molecular weight excluding hydrogens is 288 g/mol. The van der Waals surface area contributed by atoms with Crippen LogP contribution in [0.3, 0.4) is 0 Å². The lowest BCUT2D eigenvalue weighted by Crippen LogP contribution is -2.55. The molecule has 3 saturated carbocycles. The van der Waals surface area contributed by atoms with Crippen LogP contribution in [0.25, 0.3) is 0 Å². The van der Waals surface area contributed by atoms with Gasteiger partial charge in [-0.05, 0) is 81.6 Å². The molecule has 0 bridgehead atoms. The molecule has 4 unspecified atom stereocenters. The molecule has 0 aromatic rings. The molecule has 0 heterocycles. The van der Waals surface area contributed by atoms with Gasteiger partial charge in [-0.2, -0.15) is 0 Å². The Morgan fingerprint density at radius 1 is 1.13 bits per heavy atom. The van der Waals surface area contributed by atoms with Gasteiger partial charge in [0.25, 0.3) is 0 Å². The van der Waals surface area contributed by atoms with Gasteiger partial charge in [-0.25, -0.2) is 0 Å². The number of allylic oxidation sites excluding steroid dienone is 1. The van der Waals surface area contributed by atoms with Gasteiger partial charge in [0.05, 0.1) is 0 Å². The Balaban J connectivity index is 1.65. The van der Waals surface area contributed by atoms with E-state index in [0.29, 0.717) is 42.3 Å². The number of hydrogen-bond donors (Lipinski definition) is 1. The van der Waals surface area contributed by atoms with E-state index in [9.17, 15) is 14.7 Å². The van der Waals surface area contributed by atoms with Crippen LogP contribution in [-0.2, 0) is 9.59 Å². The van der Waals surface area contributed by atoms with Crippen molar-refractivity contribution >= 4 is 11.6 Å². The Bertz CT molecular complexity index is 592. The van der Waals surface area contributed by atoms with Gasteiger partial charge in [0.2, 0.25) is 0 Å². The van der Waals surface area contributed by atoms with Crippen molar-refractivity contribution in [1.29, 1.82) is 0 Å². The van der Waals surface area contributed by atoms with Gasteiger partial charge in [-0.15, -0.1) is 0 Å². The van der Waals surface area contributed by atoms with Gasteiger partial charge in [0, 0.05) is 11.8 Å². The van der Waals surface area contributed by atoms with E-state index in [2.05, 4.69) is 6.92 Å². The first-order chi connectivity index (χ1) is 10.9. The average Bonchev–Trinajstić information content (AvgIpc) is 2.80. The van der Waals surface area contributed by atoms with Crippen LogP contribution >= 0.6 is 0 Å². The summed E-state index contributed by atoms with van der Waals surface area (Å²) >= 11 is 0. The van der Waals surface area contributed by atoms with Crippen LogP contribution in [0.1, 0.15) is 65.2 Å². The van der Waals surface area contributed by atoms with E-state index in [1.54, 1.807) is 6.92 Å². The Hall–Kier alpha value is -0.960. The second-order valence-electron chi connectivity index (χ2n) is 8.71. The maximum Gasteiger partial charge on any atom is 0.161 e. The topological polar surface area (TPSA) is 54.4 Å². The third-order valence-corrected chi connectivity index (χ3v) is 8.03. The zero-order valence-corrected chi connectivity index (χ0v) is 14.3. The maximum absolute atomic E-state index is 12.2.